The van der Waals surface area contributed by atoms with Crippen LogP contribution in [0, 0.1) is 5.92 Å². The summed E-state index contributed by atoms with van der Waals surface area (Å²) in [5.41, 5.74) is 1.20. The van der Waals surface area contributed by atoms with E-state index in [1.54, 1.807) is 0 Å². The van der Waals surface area contributed by atoms with E-state index in [1.165, 1.54) is 12.7 Å². The third-order valence-electron chi connectivity index (χ3n) is 3.45. The van der Waals surface area contributed by atoms with E-state index in [2.05, 4.69) is 27.3 Å². The van der Waals surface area contributed by atoms with Crippen LogP contribution in [0.3, 0.4) is 0 Å². The molecule has 2 unspecified atom stereocenters. The molecule has 0 spiro atoms. The van der Waals surface area contributed by atoms with Crippen LogP contribution in [-0.4, -0.2) is 31.8 Å². The van der Waals surface area contributed by atoms with Crippen LogP contribution >= 0.6 is 15.9 Å². The van der Waals surface area contributed by atoms with E-state index < -0.39 is 0 Å². The fourth-order valence-electron chi connectivity index (χ4n) is 2.38. The molecule has 1 aliphatic rings. The Kier molecular flexibility index (Phi) is 5.05. The van der Waals surface area contributed by atoms with Gasteiger partial charge < -0.3 is 14.8 Å². The molecular formula is C15H20BrNO3. The Balaban J connectivity index is 1.91. The van der Waals surface area contributed by atoms with Gasteiger partial charge in [0.25, 0.3) is 0 Å². The van der Waals surface area contributed by atoms with Gasteiger partial charge >= 0.3 is 5.97 Å². The first kappa shape index (κ1) is 15.3. The number of benzene rings is 1. The Morgan fingerprint density at radius 2 is 2.30 bits per heavy atom. The van der Waals surface area contributed by atoms with Gasteiger partial charge in [-0.2, -0.15) is 0 Å². The largest absolute Gasteiger partial charge is 0.488 e. The van der Waals surface area contributed by atoms with Gasteiger partial charge in [-0.05, 0) is 29.7 Å². The van der Waals surface area contributed by atoms with Gasteiger partial charge in [-0.3, -0.25) is 4.79 Å². The first-order valence-electron chi connectivity index (χ1n) is 6.77. The highest BCUT2D eigenvalue weighted by Crippen LogP contribution is 2.31. The summed E-state index contributed by atoms with van der Waals surface area (Å²) in [4.78, 5) is 11.7. The third-order valence-corrected chi connectivity index (χ3v) is 3.94. The first-order chi connectivity index (χ1) is 9.51. The number of methoxy groups -OCH3 is 1. The molecule has 2 atom stereocenters. The van der Waals surface area contributed by atoms with E-state index in [0.29, 0.717) is 6.54 Å². The number of carbonyl (C=O) groups is 1. The molecule has 110 valence electrons. The fraction of sp³-hybridized carbons (Fsp3) is 0.533. The van der Waals surface area contributed by atoms with E-state index in [4.69, 9.17) is 9.47 Å². The molecule has 0 saturated carbocycles. The van der Waals surface area contributed by atoms with Crippen LogP contribution in [0.4, 0.5) is 0 Å². The van der Waals surface area contributed by atoms with Crippen LogP contribution in [0.1, 0.15) is 19.4 Å². The minimum absolute atomic E-state index is 0.0604. The Morgan fingerprint density at radius 1 is 1.55 bits per heavy atom. The Labute approximate surface area is 128 Å². The predicted octanol–water partition coefficient (Wildman–Crippen LogP) is 2.54. The van der Waals surface area contributed by atoms with Gasteiger partial charge in [-0.25, -0.2) is 0 Å². The van der Waals surface area contributed by atoms with Crippen molar-refractivity contribution in [2.45, 2.75) is 32.4 Å². The van der Waals surface area contributed by atoms with Gasteiger partial charge in [0.05, 0.1) is 7.11 Å². The van der Waals surface area contributed by atoms with Crippen LogP contribution in [0.2, 0.25) is 0 Å². The summed E-state index contributed by atoms with van der Waals surface area (Å²) in [5.74, 6) is 0.887. The molecule has 4 nitrogen and oxygen atoms in total. The molecule has 0 radical (unpaired) electrons. The molecular weight excluding hydrogens is 322 g/mol. The Bertz CT molecular complexity index is 490. The second-order valence-electron chi connectivity index (χ2n) is 5.35. The molecule has 0 saturated heterocycles. The van der Waals surface area contributed by atoms with Crippen molar-refractivity contribution >= 4 is 21.9 Å². The van der Waals surface area contributed by atoms with Gasteiger partial charge in [0.15, 0.2) is 0 Å². The highest BCUT2D eigenvalue weighted by atomic mass is 79.9. The van der Waals surface area contributed by atoms with Crippen molar-refractivity contribution in [1.82, 2.24) is 5.32 Å². The highest BCUT2D eigenvalue weighted by Gasteiger charge is 2.27. The number of hydrogen-bond acceptors (Lipinski definition) is 4. The van der Waals surface area contributed by atoms with Crippen molar-refractivity contribution in [3.05, 3.63) is 28.2 Å². The Hall–Kier alpha value is -1.07. The normalized spacial score (nSPS) is 18.6. The summed E-state index contributed by atoms with van der Waals surface area (Å²) in [5, 5.41) is 3.25. The van der Waals surface area contributed by atoms with Gasteiger partial charge in [0.2, 0.25) is 0 Å². The monoisotopic (exact) mass is 341 g/mol. The van der Waals surface area contributed by atoms with Gasteiger partial charge in [-0.15, -0.1) is 0 Å². The van der Waals surface area contributed by atoms with E-state index in [9.17, 15) is 4.79 Å². The molecule has 2 rings (SSSR count). The quantitative estimate of drug-likeness (QED) is 0.836. The van der Waals surface area contributed by atoms with E-state index in [1.807, 2.05) is 26.0 Å². The second-order valence-corrected chi connectivity index (χ2v) is 6.26. The number of nitrogens with one attached hydrogen (secondary N) is 1. The molecule has 0 aliphatic carbocycles. The lowest BCUT2D eigenvalue weighted by Gasteiger charge is -2.21. The average molecular weight is 342 g/mol. The maximum absolute atomic E-state index is 11.7. The molecule has 1 aliphatic heterocycles. The molecule has 0 amide bonds. The molecule has 1 aromatic carbocycles. The SMILES string of the molecule is COC(=O)C(NCC1Cc2cc(Br)ccc2O1)C(C)C. The van der Waals surface area contributed by atoms with E-state index in [-0.39, 0.29) is 24.0 Å². The summed E-state index contributed by atoms with van der Waals surface area (Å²) in [7, 11) is 1.42. The summed E-state index contributed by atoms with van der Waals surface area (Å²) < 4.78 is 11.7. The molecule has 1 heterocycles. The summed E-state index contributed by atoms with van der Waals surface area (Å²) >= 11 is 3.46. The van der Waals surface area contributed by atoms with Crippen LogP contribution in [-0.2, 0) is 16.0 Å². The van der Waals surface area contributed by atoms with Gasteiger partial charge in [0, 0.05) is 17.4 Å². The van der Waals surface area contributed by atoms with Crippen LogP contribution in [0.15, 0.2) is 22.7 Å². The smallest absolute Gasteiger partial charge is 0.323 e. The van der Waals surface area contributed by atoms with Crippen molar-refractivity contribution in [1.29, 1.82) is 0 Å². The van der Waals surface area contributed by atoms with Crippen LogP contribution < -0.4 is 10.1 Å². The van der Waals surface area contributed by atoms with Crippen molar-refractivity contribution in [2.24, 2.45) is 5.92 Å². The van der Waals surface area contributed by atoms with Crippen molar-refractivity contribution in [2.75, 3.05) is 13.7 Å². The zero-order valence-electron chi connectivity index (χ0n) is 12.0. The molecule has 20 heavy (non-hydrogen) atoms. The molecule has 0 fully saturated rings. The number of rotatable bonds is 5. The molecule has 5 heteroatoms. The molecule has 0 bridgehead atoms. The maximum Gasteiger partial charge on any atom is 0.323 e. The summed E-state index contributed by atoms with van der Waals surface area (Å²) in [6.07, 6.45) is 0.915. The lowest BCUT2D eigenvalue weighted by molar-refractivity contribution is -0.144. The Morgan fingerprint density at radius 3 is 2.95 bits per heavy atom. The first-order valence-corrected chi connectivity index (χ1v) is 7.57. The number of halogens is 1. The third kappa shape index (κ3) is 3.52. The van der Waals surface area contributed by atoms with Crippen molar-refractivity contribution in [3.63, 3.8) is 0 Å². The number of esters is 1. The number of ether oxygens (including phenoxy) is 2. The lowest BCUT2D eigenvalue weighted by Crippen LogP contribution is -2.45. The standard InChI is InChI=1S/C15H20BrNO3/c1-9(2)14(15(18)19-3)17-8-12-7-10-6-11(16)4-5-13(10)20-12/h4-6,9,12,14,17H,7-8H2,1-3H3. The maximum atomic E-state index is 11.7. The molecule has 0 aromatic heterocycles. The summed E-state index contributed by atoms with van der Waals surface area (Å²) in [6, 6.07) is 5.73. The van der Waals surface area contributed by atoms with Crippen LogP contribution in [0.25, 0.3) is 0 Å². The summed E-state index contributed by atoms with van der Waals surface area (Å²) in [6.45, 7) is 4.62. The average Bonchev–Trinajstić information content (AvgIpc) is 2.79. The zero-order chi connectivity index (χ0) is 14.7. The van der Waals surface area contributed by atoms with Crippen LogP contribution in [0.5, 0.6) is 5.75 Å². The molecule has 1 N–H and O–H groups in total. The number of fused-ring (bicyclic) bond motifs is 1. The lowest BCUT2D eigenvalue weighted by atomic mass is 10.0. The second kappa shape index (κ2) is 6.59. The predicted molar refractivity (Wildman–Crippen MR) is 80.9 cm³/mol. The van der Waals surface area contributed by atoms with Gasteiger partial charge in [-0.1, -0.05) is 29.8 Å². The zero-order valence-corrected chi connectivity index (χ0v) is 13.6. The fourth-order valence-corrected chi connectivity index (χ4v) is 2.79. The topological polar surface area (TPSA) is 47.6 Å². The highest BCUT2D eigenvalue weighted by molar-refractivity contribution is 9.10. The number of carbonyl (C=O) groups excluding carboxylic acids is 1. The van der Waals surface area contributed by atoms with Crippen molar-refractivity contribution < 1.29 is 14.3 Å². The van der Waals surface area contributed by atoms with Gasteiger partial charge in [0.1, 0.15) is 17.9 Å². The minimum atomic E-state index is -0.293. The number of hydrogen-bond donors (Lipinski definition) is 1. The minimum Gasteiger partial charge on any atom is -0.488 e. The van der Waals surface area contributed by atoms with Crippen molar-refractivity contribution in [3.8, 4) is 5.75 Å². The van der Waals surface area contributed by atoms with E-state index >= 15 is 0 Å². The van der Waals surface area contributed by atoms with E-state index in [0.717, 1.165) is 16.6 Å². The molecule has 1 aromatic rings.